The molecule has 1 aromatic carbocycles. The third kappa shape index (κ3) is 3.63. The molecule has 9 nitrogen and oxygen atoms in total. The minimum atomic E-state index is -1.06. The number of hydrogen-bond donors (Lipinski definition) is 1. The largest absolute Gasteiger partial charge is 0.478 e. The summed E-state index contributed by atoms with van der Waals surface area (Å²) < 4.78 is 13.4. The van der Waals surface area contributed by atoms with Crippen LogP contribution in [0, 0.1) is 0 Å². The molecular formula is C18H22N4O5. The van der Waals surface area contributed by atoms with Crippen LogP contribution in [-0.4, -0.2) is 44.1 Å². The van der Waals surface area contributed by atoms with Gasteiger partial charge in [0.15, 0.2) is 5.82 Å². The van der Waals surface area contributed by atoms with E-state index in [1.54, 1.807) is 17.7 Å². The van der Waals surface area contributed by atoms with Crippen molar-refractivity contribution >= 4 is 17.0 Å². The van der Waals surface area contributed by atoms with Gasteiger partial charge in [-0.2, -0.15) is 4.98 Å². The Morgan fingerprint density at radius 2 is 2.00 bits per heavy atom. The smallest absolute Gasteiger partial charge is 0.335 e. The van der Waals surface area contributed by atoms with Gasteiger partial charge in [-0.1, -0.05) is 25.9 Å². The highest BCUT2D eigenvalue weighted by atomic mass is 16.5. The van der Waals surface area contributed by atoms with E-state index in [-0.39, 0.29) is 23.2 Å². The number of aromatic nitrogens is 4. The van der Waals surface area contributed by atoms with Gasteiger partial charge < -0.3 is 14.4 Å². The number of carbonyl (C=O) groups is 1. The normalized spacial score (nSPS) is 12.0. The minimum absolute atomic E-state index is 0.0813. The summed E-state index contributed by atoms with van der Waals surface area (Å²) >= 11 is 0. The Kier molecular flexibility index (Phi) is 4.88. The monoisotopic (exact) mass is 374 g/mol. The average Bonchev–Trinajstić information content (AvgIpc) is 3.17. The maximum atomic E-state index is 12.9. The van der Waals surface area contributed by atoms with E-state index in [0.29, 0.717) is 35.9 Å². The Morgan fingerprint density at radius 3 is 2.59 bits per heavy atom. The molecule has 1 N–H and O–H groups in total. The van der Waals surface area contributed by atoms with E-state index in [4.69, 9.17) is 9.26 Å². The summed E-state index contributed by atoms with van der Waals surface area (Å²) in [6, 6.07) is 4.58. The van der Waals surface area contributed by atoms with Gasteiger partial charge in [-0.15, -0.1) is 0 Å². The summed E-state index contributed by atoms with van der Waals surface area (Å²) in [7, 11) is 1.56. The number of benzene rings is 1. The van der Waals surface area contributed by atoms with E-state index in [2.05, 4.69) is 10.1 Å². The fourth-order valence-corrected chi connectivity index (χ4v) is 2.77. The van der Waals surface area contributed by atoms with E-state index in [1.165, 1.54) is 16.7 Å². The molecule has 9 heteroatoms. The molecule has 144 valence electrons. The lowest BCUT2D eigenvalue weighted by Gasteiger charge is -2.10. The van der Waals surface area contributed by atoms with Crippen molar-refractivity contribution in [1.29, 1.82) is 0 Å². The fourth-order valence-electron chi connectivity index (χ4n) is 2.77. The first-order valence-electron chi connectivity index (χ1n) is 8.50. The number of carboxylic acids is 1. The fraction of sp³-hybridized carbons (Fsp3) is 0.444. The lowest BCUT2D eigenvalue weighted by Crippen LogP contribution is -2.26. The van der Waals surface area contributed by atoms with Gasteiger partial charge in [0, 0.05) is 12.5 Å². The van der Waals surface area contributed by atoms with Crippen molar-refractivity contribution in [1.82, 2.24) is 19.3 Å². The van der Waals surface area contributed by atoms with Crippen LogP contribution in [0.25, 0.3) is 11.0 Å². The lowest BCUT2D eigenvalue weighted by atomic mass is 9.97. The van der Waals surface area contributed by atoms with Crippen molar-refractivity contribution in [2.24, 2.45) is 0 Å². The van der Waals surface area contributed by atoms with Gasteiger partial charge in [-0.05, 0) is 18.2 Å². The molecule has 0 saturated carbocycles. The van der Waals surface area contributed by atoms with Crippen LogP contribution in [0.1, 0.15) is 42.8 Å². The van der Waals surface area contributed by atoms with Gasteiger partial charge in [-0.25, -0.2) is 9.59 Å². The van der Waals surface area contributed by atoms with Crippen LogP contribution in [0.5, 0.6) is 0 Å². The number of aromatic carboxylic acids is 1. The Labute approximate surface area is 155 Å². The number of carboxylic acid groups (broad SMARTS) is 1. The average molecular weight is 374 g/mol. The van der Waals surface area contributed by atoms with Gasteiger partial charge in [0.1, 0.15) is 0 Å². The highest BCUT2D eigenvalue weighted by Gasteiger charge is 2.23. The quantitative estimate of drug-likeness (QED) is 0.701. The molecule has 0 aliphatic rings. The predicted molar refractivity (Wildman–Crippen MR) is 97.1 cm³/mol. The number of methoxy groups -OCH3 is 1. The zero-order chi connectivity index (χ0) is 19.8. The SMILES string of the molecule is COCCn1c(=O)n(Cc2noc(C(C)(C)C)n2)c2cc(C(=O)O)ccc21. The van der Waals surface area contributed by atoms with Crippen molar-refractivity contribution < 1.29 is 19.2 Å². The van der Waals surface area contributed by atoms with Gasteiger partial charge >= 0.3 is 11.7 Å². The molecule has 2 aromatic heterocycles. The van der Waals surface area contributed by atoms with Crippen molar-refractivity contribution in [2.45, 2.75) is 39.3 Å². The second kappa shape index (κ2) is 6.99. The zero-order valence-corrected chi connectivity index (χ0v) is 15.7. The van der Waals surface area contributed by atoms with Crippen LogP contribution < -0.4 is 5.69 Å². The maximum Gasteiger partial charge on any atom is 0.335 e. The Hall–Kier alpha value is -2.94. The number of rotatable bonds is 6. The molecule has 3 aromatic rings. The number of nitrogens with zero attached hydrogens (tertiary/aromatic N) is 4. The first-order valence-corrected chi connectivity index (χ1v) is 8.50. The van der Waals surface area contributed by atoms with Crippen LogP contribution in [-0.2, 0) is 23.2 Å². The molecule has 0 aliphatic carbocycles. The van der Waals surface area contributed by atoms with Crippen LogP contribution >= 0.6 is 0 Å². The summed E-state index contributed by atoms with van der Waals surface area (Å²) in [5.74, 6) is -0.233. The number of fused-ring (bicyclic) bond motifs is 1. The van der Waals surface area contributed by atoms with Gasteiger partial charge in [0.05, 0.1) is 36.3 Å². The Balaban J connectivity index is 2.11. The lowest BCUT2D eigenvalue weighted by molar-refractivity contribution is 0.0697. The van der Waals surface area contributed by atoms with Crippen molar-refractivity contribution in [3.8, 4) is 0 Å². The molecule has 0 aliphatic heterocycles. The Morgan fingerprint density at radius 1 is 1.26 bits per heavy atom. The second-order valence-electron chi connectivity index (χ2n) is 7.29. The van der Waals surface area contributed by atoms with Crippen LogP contribution in [0.4, 0.5) is 0 Å². The molecule has 0 saturated heterocycles. The summed E-state index contributed by atoms with van der Waals surface area (Å²) in [5.41, 5.74) is 0.633. The van der Waals surface area contributed by atoms with E-state index < -0.39 is 5.97 Å². The van der Waals surface area contributed by atoms with E-state index in [9.17, 15) is 14.7 Å². The minimum Gasteiger partial charge on any atom is -0.478 e. The summed E-state index contributed by atoms with van der Waals surface area (Å²) in [5, 5.41) is 13.2. The third-order valence-electron chi connectivity index (χ3n) is 4.19. The first kappa shape index (κ1) is 18.8. The molecule has 27 heavy (non-hydrogen) atoms. The molecule has 3 rings (SSSR count). The third-order valence-corrected chi connectivity index (χ3v) is 4.19. The summed E-state index contributed by atoms with van der Waals surface area (Å²) in [6.07, 6.45) is 0. The Bertz CT molecular complexity index is 1040. The van der Waals surface area contributed by atoms with Crippen molar-refractivity contribution in [3.63, 3.8) is 0 Å². The highest BCUT2D eigenvalue weighted by molar-refractivity contribution is 5.92. The summed E-state index contributed by atoms with van der Waals surface area (Å²) in [4.78, 5) is 28.6. The van der Waals surface area contributed by atoms with E-state index >= 15 is 0 Å². The zero-order valence-electron chi connectivity index (χ0n) is 15.7. The maximum absolute atomic E-state index is 12.9. The van der Waals surface area contributed by atoms with Crippen LogP contribution in [0.3, 0.4) is 0 Å². The van der Waals surface area contributed by atoms with Crippen LogP contribution in [0.15, 0.2) is 27.5 Å². The van der Waals surface area contributed by atoms with Gasteiger partial charge in [0.2, 0.25) is 5.89 Å². The van der Waals surface area contributed by atoms with Crippen molar-refractivity contribution in [2.75, 3.05) is 13.7 Å². The van der Waals surface area contributed by atoms with E-state index in [0.717, 1.165) is 0 Å². The second-order valence-corrected chi connectivity index (χ2v) is 7.29. The topological polar surface area (TPSA) is 112 Å². The van der Waals surface area contributed by atoms with Gasteiger partial charge in [0.25, 0.3) is 0 Å². The predicted octanol–water partition coefficient (Wildman–Crippen LogP) is 1.88. The van der Waals surface area contributed by atoms with E-state index in [1.807, 2.05) is 20.8 Å². The molecule has 0 amide bonds. The number of hydrogen-bond acceptors (Lipinski definition) is 6. The molecule has 0 radical (unpaired) electrons. The molecule has 0 atom stereocenters. The summed E-state index contributed by atoms with van der Waals surface area (Å²) in [6.45, 7) is 6.64. The molecule has 0 bridgehead atoms. The number of imidazole rings is 1. The van der Waals surface area contributed by atoms with Crippen LogP contribution in [0.2, 0.25) is 0 Å². The van der Waals surface area contributed by atoms with Crippen molar-refractivity contribution in [3.05, 3.63) is 46.0 Å². The molecule has 2 heterocycles. The standard InChI is InChI=1S/C18H22N4O5/c1-18(2,3)16-19-14(20-27-16)10-22-13-9-11(15(23)24)5-6-12(13)21(17(22)25)7-8-26-4/h5-6,9H,7-8,10H2,1-4H3,(H,23,24). The van der Waals surface area contributed by atoms with Gasteiger partial charge in [-0.3, -0.25) is 9.13 Å². The molecule has 0 fully saturated rings. The molecule has 0 unspecified atom stereocenters. The molecular weight excluding hydrogens is 352 g/mol. The first-order chi connectivity index (χ1) is 12.7. The highest BCUT2D eigenvalue weighted by Crippen LogP contribution is 2.21. The molecule has 0 spiro atoms. The number of ether oxygens (including phenoxy) is 1.